The molecule has 5 nitrogen and oxygen atoms in total. The first kappa shape index (κ1) is 15.3. The highest BCUT2D eigenvalue weighted by atomic mass is 16.4. The molecule has 1 unspecified atom stereocenters. The number of aryl methyl sites for hydroxylation is 2. The zero-order valence-corrected chi connectivity index (χ0v) is 13.2. The number of hydrogen-bond donors (Lipinski definition) is 1. The van der Waals surface area contributed by atoms with Gasteiger partial charge in [0, 0.05) is 7.05 Å². The average molecular weight is 313 g/mol. The van der Waals surface area contributed by atoms with Crippen LogP contribution in [0.5, 0.6) is 0 Å². The van der Waals surface area contributed by atoms with Crippen molar-refractivity contribution < 1.29 is 19.1 Å². The Bertz CT molecular complexity index is 762. The van der Waals surface area contributed by atoms with Gasteiger partial charge in [0.2, 0.25) is 5.91 Å². The van der Waals surface area contributed by atoms with Crippen LogP contribution in [0.25, 0.3) is 0 Å². The molecule has 2 aromatic rings. The Kier molecular flexibility index (Phi) is 3.94. The first-order chi connectivity index (χ1) is 11.0. The van der Waals surface area contributed by atoms with Gasteiger partial charge in [-0.1, -0.05) is 24.3 Å². The number of amides is 1. The Morgan fingerprint density at radius 3 is 2.78 bits per heavy atom. The molecule has 0 fully saturated rings. The maximum absolute atomic E-state index is 12.7. The van der Waals surface area contributed by atoms with Gasteiger partial charge in [-0.05, 0) is 37.0 Å². The minimum absolute atomic E-state index is 0.0425. The number of rotatable bonds is 4. The van der Waals surface area contributed by atoms with Crippen LogP contribution in [0.4, 0.5) is 0 Å². The molecule has 1 amide bonds. The monoisotopic (exact) mass is 313 g/mol. The molecule has 1 atom stereocenters. The quantitative estimate of drug-likeness (QED) is 0.942. The lowest BCUT2D eigenvalue weighted by atomic mass is 10.00. The summed E-state index contributed by atoms with van der Waals surface area (Å²) in [5, 5.41) is 9.06. The van der Waals surface area contributed by atoms with E-state index in [9.17, 15) is 9.59 Å². The Balaban J connectivity index is 1.74. The summed E-state index contributed by atoms with van der Waals surface area (Å²) in [5.41, 5.74) is 2.49. The van der Waals surface area contributed by atoms with Gasteiger partial charge < -0.3 is 14.4 Å². The molecule has 1 aliphatic carbocycles. The predicted octanol–water partition coefficient (Wildman–Crippen LogP) is 2.97. The fourth-order valence-electron chi connectivity index (χ4n) is 3.23. The summed E-state index contributed by atoms with van der Waals surface area (Å²) < 4.78 is 5.45. The molecule has 0 aliphatic heterocycles. The summed E-state index contributed by atoms with van der Waals surface area (Å²) >= 11 is 0. The molecule has 1 heterocycles. The van der Waals surface area contributed by atoms with Crippen molar-refractivity contribution in [1.82, 2.24) is 4.90 Å². The molecular weight excluding hydrogens is 294 g/mol. The SMILES string of the molecule is Cc1oc(CN(C)C(=O)C2CCc3ccccc32)cc1C(=O)O. The van der Waals surface area contributed by atoms with E-state index in [1.54, 1.807) is 18.9 Å². The first-order valence-corrected chi connectivity index (χ1v) is 7.62. The third-order valence-corrected chi connectivity index (χ3v) is 4.40. The van der Waals surface area contributed by atoms with Gasteiger partial charge in [-0.25, -0.2) is 4.79 Å². The number of hydrogen-bond acceptors (Lipinski definition) is 3. The van der Waals surface area contributed by atoms with Crippen LogP contribution < -0.4 is 0 Å². The number of furan rings is 1. The third kappa shape index (κ3) is 2.86. The van der Waals surface area contributed by atoms with Gasteiger partial charge in [0.25, 0.3) is 0 Å². The molecule has 5 heteroatoms. The number of carboxylic acids is 1. The summed E-state index contributed by atoms with van der Waals surface area (Å²) in [4.78, 5) is 25.4. The van der Waals surface area contributed by atoms with E-state index >= 15 is 0 Å². The summed E-state index contributed by atoms with van der Waals surface area (Å²) in [6.45, 7) is 1.88. The van der Waals surface area contributed by atoms with Gasteiger partial charge >= 0.3 is 5.97 Å². The zero-order chi connectivity index (χ0) is 16.6. The summed E-state index contributed by atoms with van der Waals surface area (Å²) in [5.74, 6) is -0.245. The van der Waals surface area contributed by atoms with E-state index in [0.29, 0.717) is 11.5 Å². The smallest absolute Gasteiger partial charge is 0.339 e. The maximum atomic E-state index is 12.7. The number of likely N-dealkylation sites (N-methyl/N-ethyl adjacent to an activating group) is 1. The second kappa shape index (κ2) is 5.91. The van der Waals surface area contributed by atoms with Crippen molar-refractivity contribution in [3.05, 3.63) is 58.5 Å². The minimum atomic E-state index is -1.02. The van der Waals surface area contributed by atoms with E-state index in [4.69, 9.17) is 9.52 Å². The van der Waals surface area contributed by atoms with Crippen LogP contribution in [0, 0.1) is 6.92 Å². The van der Waals surface area contributed by atoms with Crippen LogP contribution in [0.3, 0.4) is 0 Å². The second-order valence-corrected chi connectivity index (χ2v) is 5.97. The van der Waals surface area contributed by atoms with Crippen molar-refractivity contribution in [2.75, 3.05) is 7.05 Å². The lowest BCUT2D eigenvalue weighted by Crippen LogP contribution is -2.30. The Morgan fingerprint density at radius 2 is 2.09 bits per heavy atom. The molecule has 0 saturated heterocycles. The van der Waals surface area contributed by atoms with Crippen LogP contribution in [0.1, 0.15) is 45.3 Å². The van der Waals surface area contributed by atoms with Crippen LogP contribution in [-0.4, -0.2) is 28.9 Å². The molecule has 3 rings (SSSR count). The molecule has 1 N–H and O–H groups in total. The maximum Gasteiger partial charge on any atom is 0.339 e. The standard InChI is InChI=1S/C18H19NO4/c1-11-16(18(21)22)9-13(23-11)10-19(2)17(20)15-8-7-12-5-3-4-6-14(12)15/h3-6,9,15H,7-8,10H2,1-2H3,(H,21,22). The van der Waals surface area contributed by atoms with Gasteiger partial charge in [0.1, 0.15) is 17.1 Å². The second-order valence-electron chi connectivity index (χ2n) is 5.97. The molecule has 0 radical (unpaired) electrons. The van der Waals surface area contributed by atoms with E-state index in [1.807, 2.05) is 18.2 Å². The van der Waals surface area contributed by atoms with Crippen molar-refractivity contribution in [3.8, 4) is 0 Å². The lowest BCUT2D eigenvalue weighted by molar-refractivity contribution is -0.132. The van der Waals surface area contributed by atoms with Gasteiger partial charge in [-0.2, -0.15) is 0 Å². The lowest BCUT2D eigenvalue weighted by Gasteiger charge is -2.20. The topological polar surface area (TPSA) is 70.8 Å². The number of carbonyl (C=O) groups excluding carboxylic acids is 1. The van der Waals surface area contributed by atoms with Crippen LogP contribution in [-0.2, 0) is 17.8 Å². The van der Waals surface area contributed by atoms with Crippen molar-refractivity contribution in [1.29, 1.82) is 0 Å². The number of carbonyl (C=O) groups is 2. The molecule has 1 aliphatic rings. The molecular formula is C18H19NO4. The highest BCUT2D eigenvalue weighted by molar-refractivity contribution is 5.89. The van der Waals surface area contributed by atoms with Crippen LogP contribution in [0.15, 0.2) is 34.7 Å². The van der Waals surface area contributed by atoms with Crippen molar-refractivity contribution in [3.63, 3.8) is 0 Å². The normalized spacial score (nSPS) is 16.2. The zero-order valence-electron chi connectivity index (χ0n) is 13.2. The van der Waals surface area contributed by atoms with Crippen molar-refractivity contribution in [2.24, 2.45) is 0 Å². The summed E-state index contributed by atoms with van der Waals surface area (Å²) in [6, 6.07) is 9.52. The van der Waals surface area contributed by atoms with E-state index in [-0.39, 0.29) is 23.9 Å². The van der Waals surface area contributed by atoms with Crippen LogP contribution >= 0.6 is 0 Å². The number of nitrogens with zero attached hydrogens (tertiary/aromatic N) is 1. The molecule has 120 valence electrons. The summed E-state index contributed by atoms with van der Waals surface area (Å²) in [7, 11) is 1.72. The number of benzene rings is 1. The Labute approximate surface area is 134 Å². The highest BCUT2D eigenvalue weighted by Gasteiger charge is 2.30. The first-order valence-electron chi connectivity index (χ1n) is 7.62. The van der Waals surface area contributed by atoms with Crippen molar-refractivity contribution in [2.45, 2.75) is 32.2 Å². The highest BCUT2D eigenvalue weighted by Crippen LogP contribution is 2.34. The number of fused-ring (bicyclic) bond motifs is 1. The predicted molar refractivity (Wildman–Crippen MR) is 84.4 cm³/mol. The fraction of sp³-hybridized carbons (Fsp3) is 0.333. The summed E-state index contributed by atoms with van der Waals surface area (Å²) in [6.07, 6.45) is 1.74. The molecule has 1 aromatic heterocycles. The van der Waals surface area contributed by atoms with E-state index in [1.165, 1.54) is 11.6 Å². The van der Waals surface area contributed by atoms with Gasteiger partial charge in [-0.3, -0.25) is 4.79 Å². The van der Waals surface area contributed by atoms with E-state index in [0.717, 1.165) is 18.4 Å². The van der Waals surface area contributed by atoms with Crippen molar-refractivity contribution >= 4 is 11.9 Å². The van der Waals surface area contributed by atoms with Crippen LogP contribution in [0.2, 0.25) is 0 Å². The number of aromatic carboxylic acids is 1. The van der Waals surface area contributed by atoms with Gasteiger partial charge in [0.05, 0.1) is 12.5 Å². The van der Waals surface area contributed by atoms with Gasteiger partial charge in [0.15, 0.2) is 0 Å². The molecule has 23 heavy (non-hydrogen) atoms. The number of carboxylic acid groups (broad SMARTS) is 1. The molecule has 0 bridgehead atoms. The Morgan fingerprint density at radius 1 is 1.35 bits per heavy atom. The third-order valence-electron chi connectivity index (χ3n) is 4.40. The molecule has 1 aromatic carbocycles. The largest absolute Gasteiger partial charge is 0.478 e. The Hall–Kier alpha value is -2.56. The van der Waals surface area contributed by atoms with E-state index in [2.05, 4.69) is 6.07 Å². The molecule has 0 saturated carbocycles. The minimum Gasteiger partial charge on any atom is -0.478 e. The fourth-order valence-corrected chi connectivity index (χ4v) is 3.23. The van der Waals surface area contributed by atoms with E-state index < -0.39 is 5.97 Å². The molecule has 0 spiro atoms. The average Bonchev–Trinajstić information content (AvgIpc) is 3.10. The van der Waals surface area contributed by atoms with Gasteiger partial charge in [-0.15, -0.1) is 0 Å².